The van der Waals surface area contributed by atoms with Gasteiger partial charge in [0.25, 0.3) is 11.8 Å². The topological polar surface area (TPSA) is 78.1 Å². The van der Waals surface area contributed by atoms with Crippen molar-refractivity contribution in [3.63, 3.8) is 0 Å². The Kier molecular flexibility index (Phi) is 4.99. The summed E-state index contributed by atoms with van der Waals surface area (Å²) >= 11 is 0. The quantitative estimate of drug-likeness (QED) is 0.723. The lowest BCUT2D eigenvalue weighted by molar-refractivity contribution is 0.0827. The van der Waals surface area contributed by atoms with Crippen LogP contribution in [0.15, 0.2) is 48.7 Å². The fourth-order valence-electron chi connectivity index (χ4n) is 3.41. The number of rotatable bonds is 4. The molecular formula is C23H22N4O2. The minimum absolute atomic E-state index is 0.0370. The van der Waals surface area contributed by atoms with Gasteiger partial charge in [0.05, 0.1) is 11.3 Å². The van der Waals surface area contributed by atoms with Crippen molar-refractivity contribution in [2.75, 3.05) is 20.6 Å². The van der Waals surface area contributed by atoms with E-state index in [2.05, 4.69) is 15.3 Å². The van der Waals surface area contributed by atoms with Crippen molar-refractivity contribution in [1.82, 2.24) is 20.2 Å². The summed E-state index contributed by atoms with van der Waals surface area (Å²) in [7, 11) is 3.48. The van der Waals surface area contributed by atoms with Gasteiger partial charge in [-0.1, -0.05) is 24.3 Å². The first kappa shape index (κ1) is 18.7. The van der Waals surface area contributed by atoms with E-state index < -0.39 is 0 Å². The molecule has 3 aromatic rings. The normalized spacial score (nSPS) is 13.2. The van der Waals surface area contributed by atoms with Crippen molar-refractivity contribution < 1.29 is 9.59 Å². The Bertz CT molecular complexity index is 1110. The first-order valence-electron chi connectivity index (χ1n) is 9.48. The van der Waals surface area contributed by atoms with E-state index in [4.69, 9.17) is 0 Å². The highest BCUT2D eigenvalue weighted by atomic mass is 16.2. The van der Waals surface area contributed by atoms with Crippen LogP contribution in [-0.4, -0.2) is 47.3 Å². The molecule has 1 aromatic carbocycles. The Hall–Kier alpha value is -3.67. The van der Waals surface area contributed by atoms with Gasteiger partial charge in [0.1, 0.15) is 0 Å². The number of carbonyl (C=O) groups is 2. The molecule has 0 radical (unpaired) electrons. The fourth-order valence-corrected chi connectivity index (χ4v) is 3.41. The van der Waals surface area contributed by atoms with Crippen LogP contribution in [0.25, 0.3) is 23.4 Å². The monoisotopic (exact) mass is 386 g/mol. The van der Waals surface area contributed by atoms with Gasteiger partial charge < -0.3 is 15.2 Å². The molecule has 6 heteroatoms. The van der Waals surface area contributed by atoms with E-state index in [0.29, 0.717) is 17.7 Å². The fraction of sp³-hybridized carbons (Fsp3) is 0.174. The number of fused-ring (bicyclic) bond motifs is 1. The van der Waals surface area contributed by atoms with Crippen LogP contribution in [0.2, 0.25) is 0 Å². The Morgan fingerprint density at radius 3 is 2.76 bits per heavy atom. The lowest BCUT2D eigenvalue weighted by atomic mass is 10.1. The molecule has 0 bridgehead atoms. The molecule has 2 aromatic heterocycles. The molecule has 29 heavy (non-hydrogen) atoms. The molecule has 4 rings (SSSR count). The summed E-state index contributed by atoms with van der Waals surface area (Å²) < 4.78 is 0. The summed E-state index contributed by atoms with van der Waals surface area (Å²) in [6.45, 7) is 0.654. The van der Waals surface area contributed by atoms with Crippen molar-refractivity contribution in [2.24, 2.45) is 0 Å². The lowest BCUT2D eigenvalue weighted by Crippen LogP contribution is -2.31. The first-order valence-corrected chi connectivity index (χ1v) is 9.48. The van der Waals surface area contributed by atoms with Crippen LogP contribution in [0.5, 0.6) is 0 Å². The number of nitrogens with one attached hydrogen (secondary N) is 2. The molecular weight excluding hydrogens is 364 g/mol. The number of hydrogen-bond donors (Lipinski definition) is 2. The van der Waals surface area contributed by atoms with Crippen LogP contribution in [-0.2, 0) is 6.42 Å². The molecule has 0 saturated heterocycles. The van der Waals surface area contributed by atoms with Gasteiger partial charge in [-0.2, -0.15) is 0 Å². The number of hydrogen-bond acceptors (Lipinski definition) is 3. The maximum Gasteiger partial charge on any atom is 0.253 e. The number of carbonyl (C=O) groups excluding carboxylic acids is 2. The largest absolute Gasteiger partial charge is 0.358 e. The van der Waals surface area contributed by atoms with Crippen LogP contribution in [0.4, 0.5) is 0 Å². The zero-order valence-electron chi connectivity index (χ0n) is 16.4. The molecule has 1 aliphatic rings. The molecule has 6 nitrogen and oxygen atoms in total. The number of pyridine rings is 1. The molecule has 0 unspecified atom stereocenters. The van der Waals surface area contributed by atoms with Gasteiger partial charge in [-0.05, 0) is 35.9 Å². The predicted molar refractivity (Wildman–Crippen MR) is 113 cm³/mol. The van der Waals surface area contributed by atoms with Crippen LogP contribution < -0.4 is 5.32 Å². The van der Waals surface area contributed by atoms with Gasteiger partial charge in [-0.25, -0.2) is 0 Å². The summed E-state index contributed by atoms with van der Waals surface area (Å²) in [4.78, 5) is 33.7. The lowest BCUT2D eigenvalue weighted by Gasteiger charge is -2.12. The molecule has 1 aliphatic heterocycles. The summed E-state index contributed by atoms with van der Waals surface area (Å²) in [5.41, 5.74) is 5.78. The Labute approximate surface area is 169 Å². The van der Waals surface area contributed by atoms with E-state index in [0.717, 1.165) is 34.6 Å². The van der Waals surface area contributed by atoms with Crippen LogP contribution in [0.3, 0.4) is 0 Å². The summed E-state index contributed by atoms with van der Waals surface area (Å²) in [6, 6.07) is 13.3. The summed E-state index contributed by atoms with van der Waals surface area (Å²) in [6.07, 6.45) is 6.33. The number of aromatic amines is 1. The third kappa shape index (κ3) is 3.82. The highest BCUT2D eigenvalue weighted by Crippen LogP contribution is 2.25. The smallest absolute Gasteiger partial charge is 0.253 e. The maximum absolute atomic E-state index is 12.4. The Morgan fingerprint density at radius 1 is 1.14 bits per heavy atom. The van der Waals surface area contributed by atoms with Crippen molar-refractivity contribution in [2.45, 2.75) is 6.42 Å². The van der Waals surface area contributed by atoms with Crippen molar-refractivity contribution in [3.8, 4) is 11.3 Å². The second kappa shape index (κ2) is 7.75. The van der Waals surface area contributed by atoms with E-state index in [-0.39, 0.29) is 11.8 Å². The predicted octanol–water partition coefficient (Wildman–Crippen LogP) is 3.23. The van der Waals surface area contributed by atoms with Crippen molar-refractivity contribution in [3.05, 3.63) is 76.7 Å². The van der Waals surface area contributed by atoms with E-state index in [1.54, 1.807) is 25.2 Å². The van der Waals surface area contributed by atoms with E-state index >= 15 is 0 Å². The van der Waals surface area contributed by atoms with Crippen molar-refractivity contribution >= 4 is 24.0 Å². The van der Waals surface area contributed by atoms with Crippen molar-refractivity contribution in [1.29, 1.82) is 0 Å². The number of nitrogens with zero attached hydrogens (tertiary/aromatic N) is 2. The standard InChI is InChI=1S/C23H22N4O2/c1-27(2)23(29)18-6-4-3-5-15(18)7-8-17-13-16(9-11-24-17)21-14-19-20(26-21)10-12-25-22(19)28/h3-9,11,13-14,26H,10,12H2,1-2H3,(H,25,28)/b8-7+. The molecule has 3 heterocycles. The van der Waals surface area contributed by atoms with E-state index in [1.807, 2.05) is 54.6 Å². The number of benzene rings is 1. The van der Waals surface area contributed by atoms with Gasteiger partial charge in [-0.15, -0.1) is 0 Å². The van der Waals surface area contributed by atoms with Crippen LogP contribution >= 0.6 is 0 Å². The second-order valence-electron chi connectivity index (χ2n) is 7.17. The molecule has 0 fully saturated rings. The first-order chi connectivity index (χ1) is 14.0. The van der Waals surface area contributed by atoms with Gasteiger partial charge >= 0.3 is 0 Å². The average Bonchev–Trinajstić information content (AvgIpc) is 3.18. The average molecular weight is 386 g/mol. The summed E-state index contributed by atoms with van der Waals surface area (Å²) in [5.74, 6) is -0.0766. The van der Waals surface area contributed by atoms with Gasteiger partial charge in [0.2, 0.25) is 0 Å². The highest BCUT2D eigenvalue weighted by Gasteiger charge is 2.20. The maximum atomic E-state index is 12.4. The van der Waals surface area contributed by atoms with Crippen LogP contribution in [0.1, 0.15) is 37.7 Å². The third-order valence-corrected chi connectivity index (χ3v) is 4.93. The minimum Gasteiger partial charge on any atom is -0.358 e. The zero-order valence-corrected chi connectivity index (χ0v) is 16.4. The molecule has 146 valence electrons. The Balaban J connectivity index is 1.63. The molecule has 0 spiro atoms. The zero-order chi connectivity index (χ0) is 20.4. The minimum atomic E-state index is -0.0396. The SMILES string of the molecule is CN(C)C(=O)c1ccccc1/C=C/c1cc(-c2cc3c([nH]2)CCNC3=O)ccn1. The molecule has 0 atom stereocenters. The summed E-state index contributed by atoms with van der Waals surface area (Å²) in [5, 5.41) is 2.86. The molecule has 0 saturated carbocycles. The highest BCUT2D eigenvalue weighted by molar-refractivity contribution is 5.99. The Morgan fingerprint density at radius 2 is 1.97 bits per heavy atom. The van der Waals surface area contributed by atoms with Gasteiger partial charge in [0, 0.05) is 55.8 Å². The second-order valence-corrected chi connectivity index (χ2v) is 7.17. The number of aromatic nitrogens is 2. The van der Waals surface area contributed by atoms with E-state index in [9.17, 15) is 9.59 Å². The third-order valence-electron chi connectivity index (χ3n) is 4.93. The van der Waals surface area contributed by atoms with Gasteiger partial charge in [0.15, 0.2) is 0 Å². The molecule has 2 amide bonds. The van der Waals surface area contributed by atoms with Crippen LogP contribution in [0, 0.1) is 0 Å². The van der Waals surface area contributed by atoms with E-state index in [1.165, 1.54) is 0 Å². The van der Waals surface area contributed by atoms with Gasteiger partial charge in [-0.3, -0.25) is 14.6 Å². The number of H-pyrrole nitrogens is 1. The molecule has 0 aliphatic carbocycles. The molecule has 2 N–H and O–H groups in total. The number of amides is 2.